The first-order chi connectivity index (χ1) is 13.2. The molecule has 0 saturated heterocycles. The van der Waals surface area contributed by atoms with Crippen LogP contribution in [-0.2, 0) is 30.7 Å². The molecule has 0 bridgehead atoms. The van der Waals surface area contributed by atoms with Crippen molar-refractivity contribution in [2.24, 2.45) is 0 Å². The number of fused-ring (bicyclic) bond motifs is 1. The van der Waals surface area contributed by atoms with Crippen LogP contribution in [0.2, 0.25) is 0 Å². The predicted octanol–water partition coefficient (Wildman–Crippen LogP) is 2.17. The molecule has 0 radical (unpaired) electrons. The Morgan fingerprint density at radius 1 is 1.19 bits per heavy atom. The summed E-state index contributed by atoms with van der Waals surface area (Å²) in [5.74, 6) is 2.26. The number of hydrogen-bond acceptors (Lipinski definition) is 6. The monoisotopic (exact) mass is 366 g/mol. The maximum atomic E-state index is 12.6. The molecular weight excluding hydrogens is 344 g/mol. The Bertz CT molecular complexity index is 965. The van der Waals surface area contributed by atoms with E-state index >= 15 is 0 Å². The normalized spacial score (nSPS) is 14.7. The third kappa shape index (κ3) is 3.99. The van der Waals surface area contributed by atoms with E-state index in [1.165, 1.54) is 0 Å². The molecule has 7 nitrogen and oxygen atoms in total. The molecule has 27 heavy (non-hydrogen) atoms. The zero-order valence-corrected chi connectivity index (χ0v) is 15.3. The first-order valence-electron chi connectivity index (χ1n) is 9.05. The summed E-state index contributed by atoms with van der Waals surface area (Å²) in [6.07, 6.45) is 3.10. The molecule has 140 valence electrons. The number of pyridine rings is 1. The Morgan fingerprint density at radius 2 is 2.04 bits per heavy atom. The molecule has 0 fully saturated rings. The van der Waals surface area contributed by atoms with Crippen LogP contribution < -0.4 is 5.56 Å². The van der Waals surface area contributed by atoms with Gasteiger partial charge in [-0.15, -0.1) is 0 Å². The van der Waals surface area contributed by atoms with Gasteiger partial charge in [0.1, 0.15) is 23.8 Å². The van der Waals surface area contributed by atoms with E-state index in [9.17, 15) is 4.79 Å². The van der Waals surface area contributed by atoms with Crippen LogP contribution in [0, 0.1) is 0 Å². The molecule has 0 atom stereocenters. The van der Waals surface area contributed by atoms with Gasteiger partial charge in [0.15, 0.2) is 5.82 Å². The molecule has 7 heteroatoms. The van der Waals surface area contributed by atoms with E-state index < -0.39 is 0 Å². The average molecular weight is 366 g/mol. The van der Waals surface area contributed by atoms with E-state index in [4.69, 9.17) is 9.15 Å². The van der Waals surface area contributed by atoms with Crippen molar-refractivity contribution in [3.63, 3.8) is 0 Å². The number of aromatic nitrogens is 3. The summed E-state index contributed by atoms with van der Waals surface area (Å²) in [7, 11) is 1.65. The molecule has 4 heterocycles. The zero-order valence-electron chi connectivity index (χ0n) is 15.3. The standard InChI is InChI=1S/C20H22N4O3/c1-26-13-15-6-5-14(27-15)12-24-10-7-16-17(8-11-24)22-19(23-20(16)25)18-4-2-3-9-21-18/h2-6,9H,7-8,10-13H2,1H3,(H,22,23,25). The summed E-state index contributed by atoms with van der Waals surface area (Å²) in [4.78, 5) is 26.7. The maximum absolute atomic E-state index is 12.6. The van der Waals surface area contributed by atoms with Crippen molar-refractivity contribution in [1.29, 1.82) is 0 Å². The number of furan rings is 1. The van der Waals surface area contributed by atoms with E-state index in [2.05, 4.69) is 19.9 Å². The number of ether oxygens (including phenoxy) is 1. The van der Waals surface area contributed by atoms with Crippen molar-refractivity contribution in [1.82, 2.24) is 19.9 Å². The molecule has 0 spiro atoms. The van der Waals surface area contributed by atoms with Crippen LogP contribution in [0.25, 0.3) is 11.5 Å². The first kappa shape index (κ1) is 17.6. The smallest absolute Gasteiger partial charge is 0.254 e. The highest BCUT2D eigenvalue weighted by Gasteiger charge is 2.20. The van der Waals surface area contributed by atoms with Gasteiger partial charge in [-0.1, -0.05) is 6.07 Å². The van der Waals surface area contributed by atoms with E-state index in [0.717, 1.165) is 42.3 Å². The SMILES string of the molecule is COCc1ccc(CN2CCc3nc(-c4ccccn4)[nH]c(=O)c3CC2)o1. The fourth-order valence-corrected chi connectivity index (χ4v) is 3.38. The fraction of sp³-hybridized carbons (Fsp3) is 0.350. The minimum absolute atomic E-state index is 0.0668. The van der Waals surface area contributed by atoms with Crippen LogP contribution in [0.15, 0.2) is 45.7 Å². The molecule has 3 aromatic heterocycles. The van der Waals surface area contributed by atoms with Gasteiger partial charge in [0.25, 0.3) is 5.56 Å². The second-order valence-electron chi connectivity index (χ2n) is 6.63. The molecule has 4 rings (SSSR count). The summed E-state index contributed by atoms with van der Waals surface area (Å²) in [6.45, 7) is 2.80. The lowest BCUT2D eigenvalue weighted by Gasteiger charge is -2.17. The highest BCUT2D eigenvalue weighted by Crippen LogP contribution is 2.17. The van der Waals surface area contributed by atoms with Gasteiger partial charge in [0, 0.05) is 38.4 Å². The van der Waals surface area contributed by atoms with Gasteiger partial charge < -0.3 is 14.1 Å². The molecule has 3 aromatic rings. The van der Waals surface area contributed by atoms with Crippen molar-refractivity contribution in [3.05, 3.63) is 69.7 Å². The van der Waals surface area contributed by atoms with Crippen molar-refractivity contribution >= 4 is 0 Å². The number of rotatable bonds is 5. The largest absolute Gasteiger partial charge is 0.462 e. The van der Waals surface area contributed by atoms with Crippen molar-refractivity contribution in [2.75, 3.05) is 20.2 Å². The van der Waals surface area contributed by atoms with Crippen LogP contribution in [0.5, 0.6) is 0 Å². The fourth-order valence-electron chi connectivity index (χ4n) is 3.38. The van der Waals surface area contributed by atoms with Crippen LogP contribution >= 0.6 is 0 Å². The Morgan fingerprint density at radius 3 is 2.85 bits per heavy atom. The van der Waals surface area contributed by atoms with Gasteiger partial charge in [-0.25, -0.2) is 4.98 Å². The highest BCUT2D eigenvalue weighted by atomic mass is 16.5. The molecule has 0 aliphatic carbocycles. The Balaban J connectivity index is 1.50. The van der Waals surface area contributed by atoms with Crippen LogP contribution in [0.4, 0.5) is 0 Å². The number of nitrogens with one attached hydrogen (secondary N) is 1. The molecule has 1 aliphatic heterocycles. The first-order valence-corrected chi connectivity index (χ1v) is 9.05. The third-order valence-corrected chi connectivity index (χ3v) is 4.73. The van der Waals surface area contributed by atoms with E-state index in [-0.39, 0.29) is 5.56 Å². The lowest BCUT2D eigenvalue weighted by Crippen LogP contribution is -2.26. The second-order valence-corrected chi connectivity index (χ2v) is 6.63. The lowest BCUT2D eigenvalue weighted by molar-refractivity contribution is 0.159. The van der Waals surface area contributed by atoms with Crippen molar-refractivity contribution in [3.8, 4) is 11.5 Å². The maximum Gasteiger partial charge on any atom is 0.254 e. The number of H-pyrrole nitrogens is 1. The van der Waals surface area contributed by atoms with Gasteiger partial charge in [0.2, 0.25) is 0 Å². The van der Waals surface area contributed by atoms with Gasteiger partial charge >= 0.3 is 0 Å². The summed E-state index contributed by atoms with van der Waals surface area (Å²) >= 11 is 0. The minimum Gasteiger partial charge on any atom is -0.462 e. The molecule has 0 unspecified atom stereocenters. The summed E-state index contributed by atoms with van der Waals surface area (Å²) in [6, 6.07) is 9.50. The zero-order chi connectivity index (χ0) is 18.6. The number of nitrogens with zero attached hydrogens (tertiary/aromatic N) is 3. The predicted molar refractivity (Wildman–Crippen MR) is 100 cm³/mol. The molecule has 0 aromatic carbocycles. The number of hydrogen-bond donors (Lipinski definition) is 1. The Kier molecular flexibility index (Phi) is 5.13. The Hall–Kier alpha value is -2.77. The van der Waals surface area contributed by atoms with Crippen LogP contribution in [0.1, 0.15) is 22.8 Å². The average Bonchev–Trinajstić information content (AvgIpc) is 3.01. The van der Waals surface area contributed by atoms with Crippen molar-refractivity contribution in [2.45, 2.75) is 26.0 Å². The van der Waals surface area contributed by atoms with E-state index in [1.807, 2.05) is 30.3 Å². The molecule has 0 saturated carbocycles. The van der Waals surface area contributed by atoms with Gasteiger partial charge in [-0.2, -0.15) is 0 Å². The van der Waals surface area contributed by atoms with Gasteiger partial charge in [-0.05, 0) is 30.7 Å². The summed E-state index contributed by atoms with van der Waals surface area (Å²) in [5, 5.41) is 0. The van der Waals surface area contributed by atoms with Gasteiger partial charge in [-0.3, -0.25) is 14.7 Å². The molecular formula is C20H22N4O3. The third-order valence-electron chi connectivity index (χ3n) is 4.73. The minimum atomic E-state index is -0.0668. The van der Waals surface area contributed by atoms with E-state index in [1.54, 1.807) is 13.3 Å². The summed E-state index contributed by atoms with van der Waals surface area (Å²) < 4.78 is 10.9. The van der Waals surface area contributed by atoms with Crippen LogP contribution in [-0.4, -0.2) is 40.1 Å². The van der Waals surface area contributed by atoms with E-state index in [0.29, 0.717) is 31.1 Å². The number of aromatic amines is 1. The highest BCUT2D eigenvalue weighted by molar-refractivity contribution is 5.49. The van der Waals surface area contributed by atoms with Crippen molar-refractivity contribution < 1.29 is 9.15 Å². The molecule has 0 amide bonds. The quantitative estimate of drug-likeness (QED) is 0.745. The second kappa shape index (κ2) is 7.85. The molecule has 1 N–H and O–H groups in total. The van der Waals surface area contributed by atoms with Gasteiger partial charge in [0.05, 0.1) is 12.2 Å². The number of methoxy groups -OCH3 is 1. The van der Waals surface area contributed by atoms with Crippen LogP contribution in [0.3, 0.4) is 0 Å². The topological polar surface area (TPSA) is 84.2 Å². The Labute approximate surface area is 157 Å². The lowest BCUT2D eigenvalue weighted by atomic mass is 10.1. The summed E-state index contributed by atoms with van der Waals surface area (Å²) in [5.41, 5.74) is 2.25. The molecule has 1 aliphatic rings.